The first-order valence-corrected chi connectivity index (χ1v) is 35.5. The first-order chi connectivity index (χ1) is 50.6. The van der Waals surface area contributed by atoms with E-state index >= 15 is 0 Å². The molecule has 0 spiro atoms. The van der Waals surface area contributed by atoms with E-state index in [0.717, 1.165) is 55.3 Å². The molecule has 16 aromatic carbocycles. The molecule has 3 unspecified atom stereocenters. The highest BCUT2D eigenvalue weighted by Crippen LogP contribution is 2.55. The molecule has 3 heteroatoms. The molecule has 3 aromatic heterocycles. The third kappa shape index (κ3) is 9.07. The lowest BCUT2D eigenvalue weighted by atomic mass is 9.83. The highest BCUT2D eigenvalue weighted by molar-refractivity contribution is 6.14. The van der Waals surface area contributed by atoms with E-state index in [1.165, 1.54) is 144 Å². The van der Waals surface area contributed by atoms with Gasteiger partial charge in [0.25, 0.3) is 0 Å². The Morgan fingerprint density at radius 3 is 1.30 bits per heavy atom. The van der Waals surface area contributed by atoms with Crippen LogP contribution in [0.15, 0.2) is 373 Å². The van der Waals surface area contributed by atoms with Crippen molar-refractivity contribution in [1.82, 2.24) is 4.57 Å². The number of nitrogens with zero attached hydrogens (tertiary/aromatic N) is 1. The molecule has 0 amide bonds. The van der Waals surface area contributed by atoms with Crippen LogP contribution in [0, 0.1) is 0 Å². The summed E-state index contributed by atoms with van der Waals surface area (Å²) in [5, 5.41) is 7.11. The van der Waals surface area contributed by atoms with Gasteiger partial charge in [-0.1, -0.05) is 303 Å². The number of hydrogen-bond donors (Lipinski definition) is 0. The Morgan fingerprint density at radius 2 is 0.637 bits per heavy atom. The Bertz CT molecular complexity index is 6600. The highest BCUT2D eigenvalue weighted by atomic mass is 16.3. The number of hydrogen-bond acceptors (Lipinski definition) is 2. The second-order valence-corrected chi connectivity index (χ2v) is 27.6. The molecule has 3 aliphatic rings. The molecule has 3 atom stereocenters. The summed E-state index contributed by atoms with van der Waals surface area (Å²) in [7, 11) is 0. The average molecular weight is 1300 g/mol. The number of para-hydroxylation sites is 4. The van der Waals surface area contributed by atoms with Gasteiger partial charge < -0.3 is 13.4 Å². The minimum Gasteiger partial charge on any atom is -0.456 e. The van der Waals surface area contributed by atoms with Crippen molar-refractivity contribution in [1.29, 1.82) is 0 Å². The summed E-state index contributed by atoms with van der Waals surface area (Å²) in [5.74, 6) is 0.589. The smallest absolute Gasteiger partial charge is 0.143 e. The molecule has 0 aliphatic heterocycles. The zero-order valence-electron chi connectivity index (χ0n) is 55.6. The summed E-state index contributed by atoms with van der Waals surface area (Å²) in [6.45, 7) is 0. The quantitative estimate of drug-likeness (QED) is 0.152. The maximum absolute atomic E-state index is 6.45. The number of fused-ring (bicyclic) bond motifs is 18. The minimum absolute atomic E-state index is 0.0957. The van der Waals surface area contributed by atoms with Crippen molar-refractivity contribution >= 4 is 65.7 Å². The summed E-state index contributed by atoms with van der Waals surface area (Å²) < 4.78 is 15.2. The summed E-state index contributed by atoms with van der Waals surface area (Å²) in [4.78, 5) is 0. The molecule has 3 nitrogen and oxygen atoms in total. The van der Waals surface area contributed by atoms with Gasteiger partial charge in [-0.3, -0.25) is 0 Å². The van der Waals surface area contributed by atoms with Crippen LogP contribution in [0.3, 0.4) is 0 Å². The van der Waals surface area contributed by atoms with Gasteiger partial charge in [0.2, 0.25) is 0 Å². The lowest BCUT2D eigenvalue weighted by molar-refractivity contribution is 0.669. The van der Waals surface area contributed by atoms with E-state index in [1.54, 1.807) is 0 Å². The normalized spacial score (nSPS) is 14.6. The van der Waals surface area contributed by atoms with E-state index < -0.39 is 0 Å². The fourth-order valence-electron chi connectivity index (χ4n) is 17.7. The van der Waals surface area contributed by atoms with Crippen LogP contribution < -0.4 is 0 Å². The molecule has 3 heterocycles. The summed E-state index contributed by atoms with van der Waals surface area (Å²) in [5.41, 5.74) is 37.0. The van der Waals surface area contributed by atoms with E-state index in [4.69, 9.17) is 8.83 Å². The number of benzene rings is 16. The van der Waals surface area contributed by atoms with Crippen molar-refractivity contribution < 1.29 is 8.83 Å². The SMILES string of the molecule is c1ccc(C2c3ccccc3-c3cc(-c4ccc5c(c4)C(c4ccccc4-c4cccc6oc7ccccc7c46)c4ccccc4-5)ccc32)cc1.c1ccc(C2c3ccccc3-c3cc(-c4ccc5c6ccccc6n(-c6cccc(-c7cccc8c7oc7ccccc78)c6)c5c4)ccc32)cc1. The van der Waals surface area contributed by atoms with Gasteiger partial charge in [-0.25, -0.2) is 0 Å². The molecule has 0 radical (unpaired) electrons. The van der Waals surface area contributed by atoms with Gasteiger partial charge in [0, 0.05) is 61.3 Å². The lowest BCUT2D eigenvalue weighted by Crippen LogP contribution is -2.02. The van der Waals surface area contributed by atoms with E-state index in [2.05, 4.69) is 350 Å². The third-order valence-corrected chi connectivity index (χ3v) is 22.2. The molecular weight excluding hydrogens is 1240 g/mol. The van der Waals surface area contributed by atoms with Crippen molar-refractivity contribution in [2.24, 2.45) is 0 Å². The van der Waals surface area contributed by atoms with Crippen LogP contribution in [0.1, 0.15) is 67.8 Å². The van der Waals surface area contributed by atoms with Gasteiger partial charge in [-0.15, -0.1) is 0 Å². The maximum atomic E-state index is 6.45. The standard InChI is InChI=1S/C50H32O.C49H31NO/c1-2-13-31(14-3-1)48-38-18-7-6-17-36(38)44-29-32(26-28-42(44)48)33-25-27-37-34-15-4-8-19-39(34)49(45(37)30-33)40-20-9-5-16-35(40)41-22-12-24-47-50(41)43-21-10-11-23-46(43)51-47;1-2-12-31(13-3-1)48-41-19-5-4-16-37(41)44-29-32(25-27-42(44)48)33-24-26-39-38-17-6-8-22-45(38)50(46(39)30-33)35-15-10-14-34(28-35)36-20-11-21-43-40-18-7-9-23-47(40)51-49(36)43/h1-30,48-49H;1-30,48H. The van der Waals surface area contributed by atoms with Gasteiger partial charge in [-0.05, 0) is 183 Å². The largest absolute Gasteiger partial charge is 0.456 e. The average Bonchev–Trinajstić information content (AvgIpc) is 1.58. The van der Waals surface area contributed by atoms with Crippen LogP contribution in [0.25, 0.3) is 149 Å². The van der Waals surface area contributed by atoms with Crippen molar-refractivity contribution in [3.63, 3.8) is 0 Å². The Morgan fingerprint density at radius 1 is 0.206 bits per heavy atom. The fourth-order valence-corrected chi connectivity index (χ4v) is 17.7. The third-order valence-electron chi connectivity index (χ3n) is 22.2. The fraction of sp³-hybridized carbons (Fsp3) is 0.0303. The molecule has 0 saturated carbocycles. The van der Waals surface area contributed by atoms with Crippen LogP contribution in [-0.2, 0) is 0 Å². The molecule has 476 valence electrons. The number of rotatable bonds is 8. The van der Waals surface area contributed by atoms with Crippen LogP contribution in [0.2, 0.25) is 0 Å². The van der Waals surface area contributed by atoms with Crippen LogP contribution in [0.5, 0.6) is 0 Å². The number of aromatic nitrogens is 1. The summed E-state index contributed by atoms with van der Waals surface area (Å²) in [6, 6.07) is 133. The summed E-state index contributed by atoms with van der Waals surface area (Å²) >= 11 is 0. The second kappa shape index (κ2) is 23.3. The van der Waals surface area contributed by atoms with Gasteiger partial charge >= 0.3 is 0 Å². The molecule has 0 fully saturated rings. The Labute approximate surface area is 590 Å². The van der Waals surface area contributed by atoms with Gasteiger partial charge in [0.15, 0.2) is 0 Å². The topological polar surface area (TPSA) is 31.2 Å². The van der Waals surface area contributed by atoms with Crippen LogP contribution in [0.4, 0.5) is 0 Å². The van der Waals surface area contributed by atoms with E-state index in [-0.39, 0.29) is 17.8 Å². The summed E-state index contributed by atoms with van der Waals surface area (Å²) in [6.07, 6.45) is 0. The lowest BCUT2D eigenvalue weighted by Gasteiger charge is -2.20. The van der Waals surface area contributed by atoms with E-state index in [9.17, 15) is 0 Å². The van der Waals surface area contributed by atoms with Crippen LogP contribution in [-0.4, -0.2) is 4.57 Å². The maximum Gasteiger partial charge on any atom is 0.143 e. The molecule has 0 bridgehead atoms. The predicted octanol–water partition coefficient (Wildman–Crippen LogP) is 26.4. The zero-order valence-corrected chi connectivity index (χ0v) is 55.6. The molecular formula is C99H63NO2. The zero-order chi connectivity index (χ0) is 66.9. The minimum atomic E-state index is 0.0957. The molecule has 3 aliphatic carbocycles. The first kappa shape index (κ1) is 57.9. The highest BCUT2D eigenvalue weighted by Gasteiger charge is 2.35. The van der Waals surface area contributed by atoms with Gasteiger partial charge in [0.05, 0.1) is 11.0 Å². The van der Waals surface area contributed by atoms with Crippen molar-refractivity contribution in [3.8, 4) is 83.6 Å². The second-order valence-electron chi connectivity index (χ2n) is 27.6. The Hall–Kier alpha value is -13.1. The molecule has 0 N–H and O–H groups in total. The first-order valence-electron chi connectivity index (χ1n) is 35.5. The van der Waals surface area contributed by atoms with E-state index in [0.29, 0.717) is 0 Å². The predicted molar refractivity (Wildman–Crippen MR) is 422 cm³/mol. The molecule has 0 saturated heterocycles. The molecule has 102 heavy (non-hydrogen) atoms. The Kier molecular flexibility index (Phi) is 13.2. The van der Waals surface area contributed by atoms with Crippen molar-refractivity contribution in [2.45, 2.75) is 17.8 Å². The van der Waals surface area contributed by atoms with Crippen molar-refractivity contribution in [2.75, 3.05) is 0 Å². The molecule has 22 rings (SSSR count). The Balaban J connectivity index is 0.000000133. The number of furan rings is 2. The van der Waals surface area contributed by atoms with Crippen molar-refractivity contribution in [3.05, 3.63) is 414 Å². The molecule has 19 aromatic rings. The monoisotopic (exact) mass is 1300 g/mol. The van der Waals surface area contributed by atoms with Gasteiger partial charge in [0.1, 0.15) is 22.3 Å². The van der Waals surface area contributed by atoms with Crippen LogP contribution >= 0.6 is 0 Å². The van der Waals surface area contributed by atoms with E-state index in [1.807, 2.05) is 18.2 Å². The van der Waals surface area contributed by atoms with Gasteiger partial charge in [-0.2, -0.15) is 0 Å².